The van der Waals surface area contributed by atoms with Crippen molar-refractivity contribution in [3.8, 4) is 0 Å². The highest BCUT2D eigenvalue weighted by Gasteiger charge is 2.23. The summed E-state index contributed by atoms with van der Waals surface area (Å²) in [5, 5.41) is 9.00. The smallest absolute Gasteiger partial charge is 0.321 e. The predicted molar refractivity (Wildman–Crippen MR) is 98.9 cm³/mol. The summed E-state index contributed by atoms with van der Waals surface area (Å²) in [5.74, 6) is 0.696. The Morgan fingerprint density at radius 1 is 1.42 bits per heavy atom. The van der Waals surface area contributed by atoms with Gasteiger partial charge in [-0.25, -0.2) is 9.78 Å². The lowest BCUT2D eigenvalue weighted by Gasteiger charge is -2.24. The molecule has 0 atom stereocenters. The van der Waals surface area contributed by atoms with Crippen LogP contribution in [0.25, 0.3) is 0 Å². The molecule has 140 valence electrons. The van der Waals surface area contributed by atoms with E-state index in [9.17, 15) is 9.59 Å². The van der Waals surface area contributed by atoms with Gasteiger partial charge < -0.3 is 15.1 Å². The molecule has 1 aliphatic rings. The van der Waals surface area contributed by atoms with Gasteiger partial charge in [-0.15, -0.1) is 11.3 Å². The Hall–Kier alpha value is -2.39. The van der Waals surface area contributed by atoms with E-state index < -0.39 is 0 Å². The molecule has 0 radical (unpaired) electrons. The first-order valence-corrected chi connectivity index (χ1v) is 9.39. The minimum atomic E-state index is -0.250. The summed E-state index contributed by atoms with van der Waals surface area (Å²) >= 11 is 1.46. The standard InChI is InChI=1S/C17H23N5O3S/c1-11(2)19-16(24)21-17-20-13-5-6-22(9-14(13)26-17)10-15(23)18-8-12-4-3-7-25-12/h3-4,7,11H,5-6,8-10H2,1-2H3,(H,18,23)(H2,19,20,21,24). The fourth-order valence-electron chi connectivity index (χ4n) is 2.69. The van der Waals surface area contributed by atoms with Crippen molar-refractivity contribution in [3.63, 3.8) is 0 Å². The summed E-state index contributed by atoms with van der Waals surface area (Å²) in [4.78, 5) is 31.5. The van der Waals surface area contributed by atoms with E-state index >= 15 is 0 Å². The molecule has 0 aliphatic carbocycles. The van der Waals surface area contributed by atoms with Gasteiger partial charge in [0.2, 0.25) is 5.91 Å². The monoisotopic (exact) mass is 377 g/mol. The molecule has 3 N–H and O–H groups in total. The first-order chi connectivity index (χ1) is 12.5. The summed E-state index contributed by atoms with van der Waals surface area (Å²) in [6.07, 6.45) is 2.36. The SMILES string of the molecule is CC(C)NC(=O)Nc1nc2c(s1)CN(CC(=O)NCc1ccco1)CC2. The quantitative estimate of drug-likeness (QED) is 0.714. The number of amides is 3. The normalized spacial score (nSPS) is 14.1. The molecule has 1 aliphatic heterocycles. The van der Waals surface area contributed by atoms with Crippen LogP contribution in [0.4, 0.5) is 9.93 Å². The van der Waals surface area contributed by atoms with E-state index in [4.69, 9.17) is 4.42 Å². The molecule has 8 nitrogen and oxygen atoms in total. The van der Waals surface area contributed by atoms with Gasteiger partial charge in [0.15, 0.2) is 5.13 Å². The van der Waals surface area contributed by atoms with Crippen LogP contribution in [0.15, 0.2) is 22.8 Å². The van der Waals surface area contributed by atoms with Crippen LogP contribution in [-0.2, 0) is 24.3 Å². The molecule has 0 spiro atoms. The summed E-state index contributed by atoms with van der Waals surface area (Å²) in [5.41, 5.74) is 1.00. The van der Waals surface area contributed by atoms with Gasteiger partial charge >= 0.3 is 6.03 Å². The third-order valence-corrected chi connectivity index (χ3v) is 4.86. The van der Waals surface area contributed by atoms with E-state index in [1.54, 1.807) is 12.3 Å². The maximum Gasteiger partial charge on any atom is 0.321 e. The maximum atomic E-state index is 12.1. The minimum absolute atomic E-state index is 0.0379. The number of nitrogens with one attached hydrogen (secondary N) is 3. The van der Waals surface area contributed by atoms with Crippen LogP contribution in [0.1, 0.15) is 30.2 Å². The van der Waals surface area contributed by atoms with E-state index in [1.807, 2.05) is 19.9 Å². The zero-order valence-corrected chi connectivity index (χ0v) is 15.7. The minimum Gasteiger partial charge on any atom is -0.467 e. The van der Waals surface area contributed by atoms with Crippen molar-refractivity contribution in [1.82, 2.24) is 20.5 Å². The van der Waals surface area contributed by atoms with Crippen molar-refractivity contribution < 1.29 is 14.0 Å². The zero-order chi connectivity index (χ0) is 18.5. The second kappa shape index (κ2) is 8.33. The van der Waals surface area contributed by atoms with Crippen molar-refractivity contribution in [2.45, 2.75) is 39.4 Å². The number of aromatic nitrogens is 1. The topological polar surface area (TPSA) is 99.5 Å². The molecular weight excluding hydrogens is 354 g/mol. The molecule has 0 fully saturated rings. The van der Waals surface area contributed by atoms with Gasteiger partial charge in [0, 0.05) is 30.4 Å². The number of thiazole rings is 1. The third kappa shape index (κ3) is 5.06. The van der Waals surface area contributed by atoms with Crippen LogP contribution in [0.2, 0.25) is 0 Å². The Morgan fingerprint density at radius 2 is 2.27 bits per heavy atom. The molecule has 0 unspecified atom stereocenters. The number of hydrogen-bond donors (Lipinski definition) is 3. The van der Waals surface area contributed by atoms with E-state index in [1.165, 1.54) is 11.3 Å². The van der Waals surface area contributed by atoms with Crippen molar-refractivity contribution in [2.75, 3.05) is 18.4 Å². The molecule has 0 aromatic carbocycles. The zero-order valence-electron chi connectivity index (χ0n) is 14.9. The molecule has 3 amide bonds. The van der Waals surface area contributed by atoms with Crippen LogP contribution < -0.4 is 16.0 Å². The Balaban J connectivity index is 1.49. The van der Waals surface area contributed by atoms with Crippen LogP contribution in [0, 0.1) is 0 Å². The number of rotatable bonds is 6. The number of furan rings is 1. The maximum absolute atomic E-state index is 12.1. The van der Waals surface area contributed by atoms with E-state index in [-0.39, 0.29) is 18.0 Å². The highest BCUT2D eigenvalue weighted by molar-refractivity contribution is 7.15. The average molecular weight is 377 g/mol. The number of hydrogen-bond acceptors (Lipinski definition) is 6. The van der Waals surface area contributed by atoms with Gasteiger partial charge in [-0.2, -0.15) is 0 Å². The lowest BCUT2D eigenvalue weighted by atomic mass is 10.2. The first kappa shape index (κ1) is 18.4. The first-order valence-electron chi connectivity index (χ1n) is 8.57. The number of anilines is 1. The van der Waals surface area contributed by atoms with Gasteiger partial charge in [-0.1, -0.05) is 0 Å². The molecule has 3 rings (SSSR count). The van der Waals surface area contributed by atoms with Gasteiger partial charge in [0.05, 0.1) is 25.0 Å². The molecule has 0 bridgehead atoms. The van der Waals surface area contributed by atoms with Crippen LogP contribution in [0.3, 0.4) is 0 Å². The highest BCUT2D eigenvalue weighted by atomic mass is 32.1. The van der Waals surface area contributed by atoms with E-state index in [0.29, 0.717) is 24.8 Å². The number of carbonyl (C=O) groups excluding carboxylic acids is 2. The van der Waals surface area contributed by atoms with Crippen molar-refractivity contribution >= 4 is 28.4 Å². The molecule has 9 heteroatoms. The van der Waals surface area contributed by atoms with E-state index in [0.717, 1.165) is 29.3 Å². The lowest BCUT2D eigenvalue weighted by Crippen LogP contribution is -2.39. The van der Waals surface area contributed by atoms with Crippen LogP contribution in [-0.4, -0.2) is 41.0 Å². The Labute approximate surface area is 156 Å². The fraction of sp³-hybridized carbons (Fsp3) is 0.471. The predicted octanol–water partition coefficient (Wildman–Crippen LogP) is 1.94. The van der Waals surface area contributed by atoms with Crippen LogP contribution in [0.5, 0.6) is 0 Å². The lowest BCUT2D eigenvalue weighted by molar-refractivity contribution is -0.122. The second-order valence-electron chi connectivity index (χ2n) is 6.46. The summed E-state index contributed by atoms with van der Waals surface area (Å²) in [6.45, 7) is 5.96. The Kier molecular flexibility index (Phi) is 5.89. The van der Waals surface area contributed by atoms with Gasteiger partial charge in [0.1, 0.15) is 5.76 Å². The summed E-state index contributed by atoms with van der Waals surface area (Å²) in [6, 6.07) is 3.44. The Bertz CT molecular complexity index is 757. The third-order valence-electron chi connectivity index (χ3n) is 3.86. The van der Waals surface area contributed by atoms with Crippen molar-refractivity contribution in [2.24, 2.45) is 0 Å². The Morgan fingerprint density at radius 3 is 3.00 bits per heavy atom. The van der Waals surface area contributed by atoms with Gasteiger partial charge in [-0.05, 0) is 26.0 Å². The fourth-order valence-corrected chi connectivity index (χ4v) is 3.74. The van der Waals surface area contributed by atoms with Crippen molar-refractivity contribution in [3.05, 3.63) is 34.7 Å². The second-order valence-corrected chi connectivity index (χ2v) is 7.54. The molecule has 2 aromatic rings. The number of carbonyl (C=O) groups is 2. The molecule has 26 heavy (non-hydrogen) atoms. The molecule has 0 saturated carbocycles. The number of urea groups is 1. The van der Waals surface area contributed by atoms with Crippen molar-refractivity contribution in [1.29, 1.82) is 0 Å². The summed E-state index contributed by atoms with van der Waals surface area (Å²) < 4.78 is 5.20. The molecule has 0 saturated heterocycles. The molecule has 2 aromatic heterocycles. The average Bonchev–Trinajstić information content (AvgIpc) is 3.20. The molecule has 3 heterocycles. The van der Waals surface area contributed by atoms with E-state index in [2.05, 4.69) is 25.8 Å². The van der Waals surface area contributed by atoms with Crippen LogP contribution >= 0.6 is 11.3 Å². The van der Waals surface area contributed by atoms with Gasteiger partial charge in [-0.3, -0.25) is 15.0 Å². The summed E-state index contributed by atoms with van der Waals surface area (Å²) in [7, 11) is 0. The highest BCUT2D eigenvalue weighted by Crippen LogP contribution is 2.28. The number of fused-ring (bicyclic) bond motifs is 1. The van der Waals surface area contributed by atoms with Gasteiger partial charge in [0.25, 0.3) is 0 Å². The largest absolute Gasteiger partial charge is 0.467 e. The number of nitrogens with zero attached hydrogens (tertiary/aromatic N) is 2. The molecular formula is C17H23N5O3S.